The van der Waals surface area contributed by atoms with Gasteiger partial charge in [0.05, 0.1) is 0 Å². The number of carbonyl (C=O) groups is 2. The Labute approximate surface area is 190 Å². The molecule has 3 aromatic rings. The van der Waals surface area contributed by atoms with Crippen molar-refractivity contribution >= 4 is 29.5 Å². The van der Waals surface area contributed by atoms with Gasteiger partial charge in [-0.1, -0.05) is 60.4 Å². The molecule has 32 heavy (non-hydrogen) atoms. The number of hydrogen-bond donors (Lipinski definition) is 2. The first kappa shape index (κ1) is 21.4. The number of alkyl carbamates (subject to hydrolysis) is 1. The average molecular weight is 444 g/mol. The van der Waals surface area contributed by atoms with E-state index in [1.165, 1.54) is 39.7 Å². The quantitative estimate of drug-likeness (QED) is 0.315. The topological polar surface area (TPSA) is 75.6 Å². The summed E-state index contributed by atoms with van der Waals surface area (Å²) in [6, 6.07) is 18.3. The third kappa shape index (κ3) is 5.08. The Morgan fingerprint density at radius 1 is 1.09 bits per heavy atom. The maximum Gasteiger partial charge on any atom is 0.407 e. The SMILES string of the molecule is O=C(O)/C=C/c1cc(C#CCCNC(=O)OCC2c3ccccc3-c3ccccc32)cs1. The van der Waals surface area contributed by atoms with Gasteiger partial charge in [-0.2, -0.15) is 0 Å². The van der Waals surface area contributed by atoms with E-state index in [2.05, 4.69) is 41.4 Å². The van der Waals surface area contributed by atoms with E-state index in [0.29, 0.717) is 13.0 Å². The summed E-state index contributed by atoms with van der Waals surface area (Å²) in [5.74, 6) is 5.07. The van der Waals surface area contributed by atoms with Gasteiger partial charge in [0.2, 0.25) is 0 Å². The lowest BCUT2D eigenvalue weighted by Crippen LogP contribution is -2.26. The molecule has 5 nitrogen and oxygen atoms in total. The summed E-state index contributed by atoms with van der Waals surface area (Å²) in [4.78, 5) is 23.5. The van der Waals surface area contributed by atoms with Crippen molar-refractivity contribution in [2.24, 2.45) is 0 Å². The monoisotopic (exact) mass is 443 g/mol. The second kappa shape index (κ2) is 9.99. The van der Waals surface area contributed by atoms with Crippen LogP contribution in [0.4, 0.5) is 4.79 Å². The van der Waals surface area contributed by atoms with Crippen LogP contribution in [0.5, 0.6) is 0 Å². The van der Waals surface area contributed by atoms with E-state index in [4.69, 9.17) is 9.84 Å². The normalized spacial score (nSPS) is 12.0. The summed E-state index contributed by atoms with van der Waals surface area (Å²) in [6.45, 7) is 0.673. The molecule has 0 unspecified atom stereocenters. The third-order valence-corrected chi connectivity index (χ3v) is 6.00. The number of carboxylic acids is 1. The molecule has 1 aliphatic carbocycles. The number of nitrogens with one attached hydrogen (secondary N) is 1. The summed E-state index contributed by atoms with van der Waals surface area (Å²) in [7, 11) is 0. The molecule has 0 fully saturated rings. The van der Waals surface area contributed by atoms with E-state index in [1.54, 1.807) is 0 Å². The molecule has 2 N–H and O–H groups in total. The predicted octanol–water partition coefficient (Wildman–Crippen LogP) is 5.13. The Kier molecular flexibility index (Phi) is 6.69. The van der Waals surface area contributed by atoms with Crippen LogP contribution in [-0.4, -0.2) is 30.3 Å². The van der Waals surface area contributed by atoms with E-state index in [-0.39, 0.29) is 12.5 Å². The molecule has 0 bridgehead atoms. The molecule has 6 heteroatoms. The third-order valence-electron chi connectivity index (χ3n) is 5.11. The zero-order valence-corrected chi connectivity index (χ0v) is 18.0. The van der Waals surface area contributed by atoms with Crippen molar-refractivity contribution in [3.63, 3.8) is 0 Å². The minimum absolute atomic E-state index is 0.0379. The Balaban J connectivity index is 1.25. The van der Waals surface area contributed by atoms with E-state index >= 15 is 0 Å². The van der Waals surface area contributed by atoms with Crippen LogP contribution in [-0.2, 0) is 9.53 Å². The molecule has 0 spiro atoms. The highest BCUT2D eigenvalue weighted by atomic mass is 32.1. The van der Waals surface area contributed by atoms with E-state index in [0.717, 1.165) is 16.5 Å². The first-order valence-electron chi connectivity index (χ1n) is 10.2. The van der Waals surface area contributed by atoms with Crippen molar-refractivity contribution in [2.45, 2.75) is 12.3 Å². The largest absolute Gasteiger partial charge is 0.478 e. The number of thiophene rings is 1. The maximum atomic E-state index is 12.2. The molecule has 1 aromatic heterocycles. The number of amides is 1. The van der Waals surface area contributed by atoms with Crippen LogP contribution >= 0.6 is 11.3 Å². The zero-order chi connectivity index (χ0) is 22.3. The molecule has 0 saturated heterocycles. The van der Waals surface area contributed by atoms with Gasteiger partial charge in [-0.25, -0.2) is 9.59 Å². The van der Waals surface area contributed by atoms with Gasteiger partial charge in [0.25, 0.3) is 0 Å². The Hall–Kier alpha value is -3.82. The van der Waals surface area contributed by atoms with Crippen LogP contribution in [0.15, 0.2) is 66.1 Å². The standard InChI is InChI=1S/C26H21NO4S/c28-25(29)13-12-19-15-18(17-32-19)7-5-6-14-27-26(30)31-16-24-22-10-3-1-8-20(22)21-9-2-4-11-23(21)24/h1-4,8-13,15,17,24H,6,14,16H2,(H,27,30)(H,28,29)/b13-12+. The van der Waals surface area contributed by atoms with Gasteiger partial charge in [-0.3, -0.25) is 0 Å². The molecular weight excluding hydrogens is 422 g/mol. The van der Waals surface area contributed by atoms with E-state index in [1.807, 2.05) is 35.7 Å². The first-order chi connectivity index (χ1) is 15.6. The van der Waals surface area contributed by atoms with Crippen LogP contribution in [0.2, 0.25) is 0 Å². The summed E-state index contributed by atoms with van der Waals surface area (Å²) in [5, 5.41) is 13.3. The highest BCUT2D eigenvalue weighted by Crippen LogP contribution is 2.44. The fraction of sp³-hybridized carbons (Fsp3) is 0.154. The molecule has 4 rings (SSSR count). The molecular formula is C26H21NO4S. The number of rotatable bonds is 6. The summed E-state index contributed by atoms with van der Waals surface area (Å²) >= 11 is 1.43. The van der Waals surface area contributed by atoms with Crippen LogP contribution in [0.1, 0.15) is 33.9 Å². The van der Waals surface area contributed by atoms with Gasteiger partial charge >= 0.3 is 12.1 Å². The van der Waals surface area contributed by atoms with Crippen molar-refractivity contribution < 1.29 is 19.4 Å². The number of carboxylic acid groups (broad SMARTS) is 1. The highest BCUT2D eigenvalue weighted by Gasteiger charge is 2.28. The summed E-state index contributed by atoms with van der Waals surface area (Å²) in [6.07, 6.45) is 2.67. The molecule has 1 amide bonds. The van der Waals surface area contributed by atoms with Gasteiger partial charge in [-0.15, -0.1) is 11.3 Å². The van der Waals surface area contributed by atoms with Gasteiger partial charge in [0, 0.05) is 40.8 Å². The number of benzene rings is 2. The Bertz CT molecular complexity index is 1190. The van der Waals surface area contributed by atoms with Gasteiger partial charge in [-0.05, 0) is 34.4 Å². The van der Waals surface area contributed by atoms with Crippen molar-refractivity contribution in [1.29, 1.82) is 0 Å². The minimum atomic E-state index is -0.981. The lowest BCUT2D eigenvalue weighted by molar-refractivity contribution is -0.131. The zero-order valence-electron chi connectivity index (χ0n) is 17.2. The minimum Gasteiger partial charge on any atom is -0.478 e. The summed E-state index contributed by atoms with van der Waals surface area (Å²) < 4.78 is 5.50. The first-order valence-corrected chi connectivity index (χ1v) is 11.1. The van der Waals surface area contributed by atoms with Crippen molar-refractivity contribution in [3.05, 3.63) is 87.6 Å². The number of ether oxygens (including phenoxy) is 1. The molecule has 1 aliphatic rings. The predicted molar refractivity (Wildman–Crippen MR) is 126 cm³/mol. The highest BCUT2D eigenvalue weighted by molar-refractivity contribution is 7.11. The van der Waals surface area contributed by atoms with Crippen molar-refractivity contribution in [2.75, 3.05) is 13.2 Å². The van der Waals surface area contributed by atoms with Crippen LogP contribution in [0.25, 0.3) is 17.2 Å². The second-order valence-electron chi connectivity index (χ2n) is 7.21. The van der Waals surface area contributed by atoms with Gasteiger partial charge in [0.1, 0.15) is 6.61 Å². The molecule has 0 saturated carbocycles. The molecule has 0 atom stereocenters. The molecule has 0 radical (unpaired) electrons. The number of aliphatic carboxylic acids is 1. The number of hydrogen-bond acceptors (Lipinski definition) is 4. The smallest absolute Gasteiger partial charge is 0.407 e. The number of fused-ring (bicyclic) bond motifs is 3. The van der Waals surface area contributed by atoms with E-state index in [9.17, 15) is 9.59 Å². The fourth-order valence-electron chi connectivity index (χ4n) is 3.70. The summed E-state index contributed by atoms with van der Waals surface area (Å²) in [5.41, 5.74) is 5.58. The second-order valence-corrected chi connectivity index (χ2v) is 8.16. The average Bonchev–Trinajstić information content (AvgIpc) is 3.38. The van der Waals surface area contributed by atoms with Crippen LogP contribution in [0, 0.1) is 11.8 Å². The Morgan fingerprint density at radius 3 is 2.47 bits per heavy atom. The molecule has 0 aliphatic heterocycles. The lowest BCUT2D eigenvalue weighted by Gasteiger charge is -2.14. The van der Waals surface area contributed by atoms with Crippen LogP contribution < -0.4 is 5.32 Å². The fourth-order valence-corrected chi connectivity index (χ4v) is 4.43. The van der Waals surface area contributed by atoms with Gasteiger partial charge in [0.15, 0.2) is 0 Å². The van der Waals surface area contributed by atoms with Crippen molar-refractivity contribution in [1.82, 2.24) is 5.32 Å². The van der Waals surface area contributed by atoms with Crippen LogP contribution in [0.3, 0.4) is 0 Å². The number of carbonyl (C=O) groups excluding carboxylic acids is 1. The van der Waals surface area contributed by atoms with Gasteiger partial charge < -0.3 is 15.2 Å². The molecule has 2 aromatic carbocycles. The van der Waals surface area contributed by atoms with Crippen molar-refractivity contribution in [3.8, 4) is 23.0 Å². The lowest BCUT2D eigenvalue weighted by atomic mass is 9.98. The van der Waals surface area contributed by atoms with E-state index < -0.39 is 12.1 Å². The Morgan fingerprint density at radius 2 is 1.78 bits per heavy atom. The molecule has 1 heterocycles. The maximum absolute atomic E-state index is 12.2. The molecule has 160 valence electrons.